The van der Waals surface area contributed by atoms with Gasteiger partial charge in [0.1, 0.15) is 5.82 Å². The molecule has 0 radical (unpaired) electrons. The highest BCUT2D eigenvalue weighted by Gasteiger charge is 2.36. The molecular formula is C22H25N5O3. The SMILES string of the molecule is CC(C)CN1C(=O)c2ccc(NC(=O)N3CCN(c4ccccn4)CC3)cc2C1=O. The van der Waals surface area contributed by atoms with Crippen molar-refractivity contribution in [1.29, 1.82) is 0 Å². The van der Waals surface area contributed by atoms with Gasteiger partial charge >= 0.3 is 6.03 Å². The zero-order chi connectivity index (χ0) is 21.3. The number of imide groups is 1. The van der Waals surface area contributed by atoms with Gasteiger partial charge in [0.05, 0.1) is 11.1 Å². The molecule has 1 saturated heterocycles. The van der Waals surface area contributed by atoms with Crippen LogP contribution >= 0.6 is 0 Å². The third-order valence-electron chi connectivity index (χ3n) is 5.31. The molecule has 156 valence electrons. The number of carbonyl (C=O) groups is 3. The highest BCUT2D eigenvalue weighted by Crippen LogP contribution is 2.27. The molecule has 2 aliphatic heterocycles. The first-order chi connectivity index (χ1) is 14.4. The lowest BCUT2D eigenvalue weighted by Gasteiger charge is -2.35. The number of pyridine rings is 1. The number of fused-ring (bicyclic) bond motifs is 1. The number of hydrogen-bond donors (Lipinski definition) is 1. The van der Waals surface area contributed by atoms with Crippen LogP contribution < -0.4 is 10.2 Å². The Balaban J connectivity index is 1.39. The zero-order valence-electron chi connectivity index (χ0n) is 17.2. The predicted molar refractivity (Wildman–Crippen MR) is 114 cm³/mol. The Bertz CT molecular complexity index is 968. The van der Waals surface area contributed by atoms with Crippen molar-refractivity contribution in [3.63, 3.8) is 0 Å². The molecule has 3 heterocycles. The summed E-state index contributed by atoms with van der Waals surface area (Å²) in [6, 6.07) is 10.5. The molecule has 2 aliphatic rings. The van der Waals surface area contributed by atoms with Gasteiger partial charge in [-0.25, -0.2) is 9.78 Å². The maximum absolute atomic E-state index is 12.7. The predicted octanol–water partition coefficient (Wildman–Crippen LogP) is 2.69. The number of benzene rings is 1. The van der Waals surface area contributed by atoms with Crippen LogP contribution in [0.3, 0.4) is 0 Å². The maximum Gasteiger partial charge on any atom is 0.321 e. The Morgan fingerprint density at radius 2 is 1.77 bits per heavy atom. The minimum Gasteiger partial charge on any atom is -0.353 e. The van der Waals surface area contributed by atoms with E-state index in [9.17, 15) is 14.4 Å². The fourth-order valence-corrected chi connectivity index (χ4v) is 3.78. The lowest BCUT2D eigenvalue weighted by Crippen LogP contribution is -2.50. The molecule has 0 spiro atoms. The van der Waals surface area contributed by atoms with Crippen molar-refractivity contribution >= 4 is 29.4 Å². The number of amides is 4. The molecule has 1 aromatic heterocycles. The van der Waals surface area contributed by atoms with E-state index in [0.717, 1.165) is 5.82 Å². The highest BCUT2D eigenvalue weighted by atomic mass is 16.2. The molecule has 0 atom stereocenters. The first-order valence-corrected chi connectivity index (χ1v) is 10.2. The Morgan fingerprint density at radius 3 is 2.43 bits per heavy atom. The molecule has 0 aliphatic carbocycles. The minimum atomic E-state index is -0.302. The molecule has 30 heavy (non-hydrogen) atoms. The number of carbonyl (C=O) groups excluding carboxylic acids is 3. The van der Waals surface area contributed by atoms with E-state index in [1.165, 1.54) is 4.90 Å². The molecule has 1 N–H and O–H groups in total. The van der Waals surface area contributed by atoms with Gasteiger partial charge in [-0.05, 0) is 36.2 Å². The second-order valence-corrected chi connectivity index (χ2v) is 7.97. The molecule has 1 fully saturated rings. The second kappa shape index (κ2) is 8.14. The van der Waals surface area contributed by atoms with Crippen LogP contribution in [0.4, 0.5) is 16.3 Å². The summed E-state index contributed by atoms with van der Waals surface area (Å²) in [5.74, 6) is 0.525. The Labute approximate surface area is 175 Å². The molecule has 4 rings (SSSR count). The van der Waals surface area contributed by atoms with E-state index < -0.39 is 0 Å². The van der Waals surface area contributed by atoms with Crippen LogP contribution in [0.5, 0.6) is 0 Å². The third kappa shape index (κ3) is 3.85. The van der Waals surface area contributed by atoms with Crippen molar-refractivity contribution in [3.05, 3.63) is 53.7 Å². The molecule has 8 nitrogen and oxygen atoms in total. The quantitative estimate of drug-likeness (QED) is 0.788. The van der Waals surface area contributed by atoms with Gasteiger partial charge in [0.25, 0.3) is 11.8 Å². The molecule has 0 bridgehead atoms. The zero-order valence-corrected chi connectivity index (χ0v) is 17.2. The summed E-state index contributed by atoms with van der Waals surface area (Å²) in [4.78, 5) is 47.3. The molecule has 0 saturated carbocycles. The topological polar surface area (TPSA) is 85.8 Å². The molecule has 0 unspecified atom stereocenters. The average molecular weight is 407 g/mol. The van der Waals surface area contributed by atoms with Gasteiger partial charge in [0.15, 0.2) is 0 Å². The molecule has 1 aromatic carbocycles. The number of piperazine rings is 1. The monoisotopic (exact) mass is 407 g/mol. The maximum atomic E-state index is 12.7. The first-order valence-electron chi connectivity index (χ1n) is 10.2. The smallest absolute Gasteiger partial charge is 0.321 e. The number of nitrogens with zero attached hydrogens (tertiary/aromatic N) is 4. The van der Waals surface area contributed by atoms with Crippen molar-refractivity contribution in [2.45, 2.75) is 13.8 Å². The second-order valence-electron chi connectivity index (χ2n) is 7.97. The number of aromatic nitrogens is 1. The Kier molecular flexibility index (Phi) is 5.39. The first kappa shape index (κ1) is 19.9. The average Bonchev–Trinajstić information content (AvgIpc) is 2.98. The summed E-state index contributed by atoms with van der Waals surface area (Å²) >= 11 is 0. The normalized spacial score (nSPS) is 16.3. The van der Waals surface area contributed by atoms with Crippen LogP contribution in [0.25, 0.3) is 0 Å². The minimum absolute atomic E-state index is 0.191. The van der Waals surface area contributed by atoms with E-state index in [1.54, 1.807) is 29.3 Å². The summed E-state index contributed by atoms with van der Waals surface area (Å²) in [7, 11) is 0. The van der Waals surface area contributed by atoms with E-state index in [-0.39, 0.29) is 23.8 Å². The highest BCUT2D eigenvalue weighted by molar-refractivity contribution is 6.21. The van der Waals surface area contributed by atoms with Crippen molar-refractivity contribution in [2.75, 3.05) is 42.9 Å². The van der Waals surface area contributed by atoms with Crippen LogP contribution in [0.15, 0.2) is 42.6 Å². The van der Waals surface area contributed by atoms with E-state index >= 15 is 0 Å². The lowest BCUT2D eigenvalue weighted by atomic mass is 10.1. The molecular weight excluding hydrogens is 382 g/mol. The lowest BCUT2D eigenvalue weighted by molar-refractivity contribution is 0.0636. The van der Waals surface area contributed by atoms with Gasteiger partial charge < -0.3 is 15.1 Å². The summed E-state index contributed by atoms with van der Waals surface area (Å²) in [5, 5.41) is 2.86. The number of nitrogens with one attached hydrogen (secondary N) is 1. The largest absolute Gasteiger partial charge is 0.353 e. The van der Waals surface area contributed by atoms with Gasteiger partial charge in [0.2, 0.25) is 0 Å². The number of rotatable bonds is 4. The number of anilines is 2. The number of hydrogen-bond acceptors (Lipinski definition) is 5. The van der Waals surface area contributed by atoms with Crippen LogP contribution in [0.2, 0.25) is 0 Å². The van der Waals surface area contributed by atoms with Gasteiger partial charge in [0, 0.05) is 44.6 Å². The van der Waals surface area contributed by atoms with E-state index in [0.29, 0.717) is 49.5 Å². The van der Waals surface area contributed by atoms with Gasteiger partial charge in [-0.15, -0.1) is 0 Å². The van der Waals surface area contributed by atoms with Crippen LogP contribution in [0, 0.1) is 5.92 Å². The van der Waals surface area contributed by atoms with Crippen molar-refractivity contribution in [3.8, 4) is 0 Å². The third-order valence-corrected chi connectivity index (χ3v) is 5.31. The van der Waals surface area contributed by atoms with Crippen molar-refractivity contribution < 1.29 is 14.4 Å². The van der Waals surface area contributed by atoms with Crippen molar-refractivity contribution in [1.82, 2.24) is 14.8 Å². The molecule has 2 aromatic rings. The van der Waals surface area contributed by atoms with Gasteiger partial charge in [-0.3, -0.25) is 14.5 Å². The standard InChI is InChI=1S/C22H25N5O3/c1-15(2)14-27-20(28)17-7-6-16(13-18(17)21(27)29)24-22(30)26-11-9-25(10-12-26)19-5-3-4-8-23-19/h3-8,13,15H,9-12,14H2,1-2H3,(H,24,30). The molecule has 4 amide bonds. The molecule has 8 heteroatoms. The Hall–Kier alpha value is -3.42. The van der Waals surface area contributed by atoms with Crippen molar-refractivity contribution in [2.24, 2.45) is 5.92 Å². The van der Waals surface area contributed by atoms with Crippen LogP contribution in [0.1, 0.15) is 34.6 Å². The summed E-state index contributed by atoms with van der Waals surface area (Å²) in [5.41, 5.74) is 1.25. The Morgan fingerprint density at radius 1 is 1.03 bits per heavy atom. The van der Waals surface area contributed by atoms with Crippen LogP contribution in [-0.4, -0.2) is 65.4 Å². The summed E-state index contributed by atoms with van der Waals surface area (Å²) < 4.78 is 0. The fourth-order valence-electron chi connectivity index (χ4n) is 3.78. The van der Waals surface area contributed by atoms with E-state index in [4.69, 9.17) is 0 Å². The fraction of sp³-hybridized carbons (Fsp3) is 0.364. The number of urea groups is 1. The van der Waals surface area contributed by atoms with Gasteiger partial charge in [-0.1, -0.05) is 19.9 Å². The van der Waals surface area contributed by atoms with Gasteiger partial charge in [-0.2, -0.15) is 0 Å². The summed E-state index contributed by atoms with van der Waals surface area (Å²) in [6.07, 6.45) is 1.76. The van der Waals surface area contributed by atoms with E-state index in [2.05, 4.69) is 15.2 Å². The summed E-state index contributed by atoms with van der Waals surface area (Å²) in [6.45, 7) is 6.86. The van der Waals surface area contributed by atoms with Crippen LogP contribution in [-0.2, 0) is 0 Å². The van der Waals surface area contributed by atoms with E-state index in [1.807, 2.05) is 32.0 Å².